The lowest BCUT2D eigenvalue weighted by atomic mass is 9.98. The van der Waals surface area contributed by atoms with Gasteiger partial charge in [-0.15, -0.1) is 0 Å². The van der Waals surface area contributed by atoms with Crippen molar-refractivity contribution in [1.29, 1.82) is 0 Å². The molecule has 0 aromatic heterocycles. The number of carbonyl (C=O) groups is 2. The number of aliphatic carboxylic acids is 1. The molecule has 1 atom stereocenters. The summed E-state index contributed by atoms with van der Waals surface area (Å²) in [6.07, 6.45) is -0.712. The second kappa shape index (κ2) is 8.48. The standard InChI is InChI=1S/C26H24N2O4/c29-25(30)24(15-28-13-17-7-1-2-8-18(17)14-28)27-26(31)32-16-23-21-11-5-3-9-19(21)20-10-4-6-12-22(20)23/h1-12,23-24H,13-16H2,(H,27,31)(H,29,30)/t24-/m0/s1. The van der Waals surface area contributed by atoms with Gasteiger partial charge in [-0.25, -0.2) is 9.59 Å². The molecule has 0 saturated heterocycles. The van der Waals surface area contributed by atoms with E-state index in [1.807, 2.05) is 65.6 Å². The minimum absolute atomic E-state index is 0.0653. The Morgan fingerprint density at radius 1 is 0.906 bits per heavy atom. The van der Waals surface area contributed by atoms with E-state index in [-0.39, 0.29) is 19.1 Å². The molecule has 3 aromatic rings. The molecule has 32 heavy (non-hydrogen) atoms. The van der Waals surface area contributed by atoms with Crippen molar-refractivity contribution in [2.75, 3.05) is 13.2 Å². The van der Waals surface area contributed by atoms with E-state index in [9.17, 15) is 14.7 Å². The number of hydrogen-bond donors (Lipinski definition) is 2. The normalized spacial score (nSPS) is 15.5. The predicted octanol–water partition coefficient (Wildman–Crippen LogP) is 3.99. The lowest BCUT2D eigenvalue weighted by Crippen LogP contribution is -2.47. The van der Waals surface area contributed by atoms with Gasteiger partial charge in [0.2, 0.25) is 0 Å². The number of nitrogens with one attached hydrogen (secondary N) is 1. The zero-order valence-corrected chi connectivity index (χ0v) is 17.5. The Bertz CT molecular complexity index is 1110. The van der Waals surface area contributed by atoms with Gasteiger partial charge >= 0.3 is 12.1 Å². The van der Waals surface area contributed by atoms with Crippen LogP contribution >= 0.6 is 0 Å². The molecule has 1 amide bonds. The number of ether oxygens (including phenoxy) is 1. The van der Waals surface area contributed by atoms with Crippen molar-refractivity contribution < 1.29 is 19.4 Å². The number of nitrogens with zero attached hydrogens (tertiary/aromatic N) is 1. The minimum Gasteiger partial charge on any atom is -0.480 e. The maximum Gasteiger partial charge on any atom is 0.407 e. The molecule has 1 aliphatic heterocycles. The van der Waals surface area contributed by atoms with Gasteiger partial charge in [-0.1, -0.05) is 72.8 Å². The fraction of sp³-hybridized carbons (Fsp3) is 0.231. The highest BCUT2D eigenvalue weighted by Crippen LogP contribution is 2.44. The molecular weight excluding hydrogens is 404 g/mol. The smallest absolute Gasteiger partial charge is 0.407 e. The van der Waals surface area contributed by atoms with Gasteiger partial charge in [0.05, 0.1) is 0 Å². The van der Waals surface area contributed by atoms with E-state index in [1.165, 1.54) is 11.1 Å². The van der Waals surface area contributed by atoms with Crippen molar-refractivity contribution in [3.8, 4) is 11.1 Å². The van der Waals surface area contributed by atoms with E-state index in [0.29, 0.717) is 13.1 Å². The highest BCUT2D eigenvalue weighted by atomic mass is 16.5. The van der Waals surface area contributed by atoms with Crippen LogP contribution < -0.4 is 5.32 Å². The molecule has 162 valence electrons. The number of benzene rings is 3. The Balaban J connectivity index is 1.22. The average molecular weight is 428 g/mol. The van der Waals surface area contributed by atoms with Crippen LogP contribution in [0.25, 0.3) is 11.1 Å². The first-order chi connectivity index (χ1) is 15.6. The number of rotatable bonds is 6. The molecular formula is C26H24N2O4. The zero-order chi connectivity index (χ0) is 22.1. The maximum absolute atomic E-state index is 12.5. The summed E-state index contributed by atoms with van der Waals surface area (Å²) in [7, 11) is 0. The quantitative estimate of drug-likeness (QED) is 0.621. The summed E-state index contributed by atoms with van der Waals surface area (Å²) in [5, 5.41) is 12.2. The van der Waals surface area contributed by atoms with E-state index in [2.05, 4.69) is 17.4 Å². The van der Waals surface area contributed by atoms with Gasteiger partial charge in [-0.05, 0) is 33.4 Å². The third-order valence-electron chi connectivity index (χ3n) is 6.28. The number of carboxylic acid groups (broad SMARTS) is 1. The summed E-state index contributed by atoms with van der Waals surface area (Å²) in [5.74, 6) is -1.14. The van der Waals surface area contributed by atoms with E-state index in [1.54, 1.807) is 0 Å². The van der Waals surface area contributed by atoms with Gasteiger partial charge in [0.15, 0.2) is 0 Å². The van der Waals surface area contributed by atoms with Crippen molar-refractivity contribution >= 4 is 12.1 Å². The summed E-state index contributed by atoms with van der Waals surface area (Å²) in [6, 6.07) is 23.2. The topological polar surface area (TPSA) is 78.9 Å². The van der Waals surface area contributed by atoms with Gasteiger partial charge in [0.25, 0.3) is 0 Å². The molecule has 6 nitrogen and oxygen atoms in total. The molecule has 0 unspecified atom stereocenters. The van der Waals surface area contributed by atoms with Gasteiger partial charge in [-0.3, -0.25) is 4.90 Å². The van der Waals surface area contributed by atoms with Crippen LogP contribution in [0.3, 0.4) is 0 Å². The average Bonchev–Trinajstić information content (AvgIpc) is 3.35. The van der Waals surface area contributed by atoms with Crippen LogP contribution in [0.2, 0.25) is 0 Å². The molecule has 1 aliphatic carbocycles. The number of amides is 1. The van der Waals surface area contributed by atoms with Crippen LogP contribution in [0.5, 0.6) is 0 Å². The molecule has 0 radical (unpaired) electrons. The lowest BCUT2D eigenvalue weighted by Gasteiger charge is -2.22. The highest BCUT2D eigenvalue weighted by molar-refractivity contribution is 5.81. The van der Waals surface area contributed by atoms with Gasteiger partial charge in [0, 0.05) is 25.6 Å². The molecule has 6 heteroatoms. The van der Waals surface area contributed by atoms with Gasteiger partial charge < -0.3 is 15.2 Å². The van der Waals surface area contributed by atoms with Crippen LogP contribution in [0, 0.1) is 0 Å². The summed E-state index contributed by atoms with van der Waals surface area (Å²) < 4.78 is 5.51. The number of carboxylic acids is 1. The summed E-state index contributed by atoms with van der Waals surface area (Å²) in [4.78, 5) is 26.3. The number of carbonyl (C=O) groups excluding carboxylic acids is 1. The van der Waals surface area contributed by atoms with Crippen molar-refractivity contribution in [2.45, 2.75) is 25.0 Å². The fourth-order valence-electron chi connectivity index (χ4n) is 4.76. The Morgan fingerprint density at radius 3 is 2.00 bits per heavy atom. The second-order valence-electron chi connectivity index (χ2n) is 8.30. The van der Waals surface area contributed by atoms with Crippen LogP contribution in [0.4, 0.5) is 4.79 Å². The Labute approximate surface area is 186 Å². The number of alkyl carbamates (subject to hydrolysis) is 1. The van der Waals surface area contributed by atoms with Crippen LogP contribution in [-0.2, 0) is 22.6 Å². The molecule has 2 N–H and O–H groups in total. The van der Waals surface area contributed by atoms with Gasteiger partial charge in [0.1, 0.15) is 12.6 Å². The monoisotopic (exact) mass is 428 g/mol. The predicted molar refractivity (Wildman–Crippen MR) is 120 cm³/mol. The Hall–Kier alpha value is -3.64. The van der Waals surface area contributed by atoms with E-state index < -0.39 is 18.1 Å². The van der Waals surface area contributed by atoms with Crippen LogP contribution in [0.1, 0.15) is 28.2 Å². The van der Waals surface area contributed by atoms with E-state index in [4.69, 9.17) is 4.74 Å². The summed E-state index contributed by atoms with van der Waals surface area (Å²) in [6.45, 7) is 1.72. The minimum atomic E-state index is -1.07. The third-order valence-corrected chi connectivity index (χ3v) is 6.28. The molecule has 1 heterocycles. The summed E-state index contributed by atoms with van der Waals surface area (Å²) in [5.41, 5.74) is 6.91. The Morgan fingerprint density at radius 2 is 1.44 bits per heavy atom. The SMILES string of the molecule is O=C(N[C@@H](CN1Cc2ccccc2C1)C(=O)O)OCC1c2ccccc2-c2ccccc21. The van der Waals surface area contributed by atoms with Crippen molar-refractivity contribution in [3.05, 3.63) is 95.1 Å². The van der Waals surface area contributed by atoms with Crippen LogP contribution in [-0.4, -0.2) is 41.3 Å². The molecule has 0 spiro atoms. The van der Waals surface area contributed by atoms with Crippen LogP contribution in [0.15, 0.2) is 72.8 Å². The maximum atomic E-state index is 12.5. The van der Waals surface area contributed by atoms with Crippen molar-refractivity contribution in [2.24, 2.45) is 0 Å². The molecule has 5 rings (SSSR count). The van der Waals surface area contributed by atoms with E-state index in [0.717, 1.165) is 22.3 Å². The lowest BCUT2D eigenvalue weighted by molar-refractivity contribution is -0.139. The first kappa shape index (κ1) is 20.3. The van der Waals surface area contributed by atoms with Crippen molar-refractivity contribution in [1.82, 2.24) is 10.2 Å². The van der Waals surface area contributed by atoms with E-state index >= 15 is 0 Å². The Kier molecular flexibility index (Phi) is 5.37. The molecule has 0 bridgehead atoms. The fourth-order valence-corrected chi connectivity index (χ4v) is 4.76. The molecule has 0 fully saturated rings. The molecule has 2 aliphatic rings. The second-order valence-corrected chi connectivity index (χ2v) is 8.30. The van der Waals surface area contributed by atoms with Gasteiger partial charge in [-0.2, -0.15) is 0 Å². The highest BCUT2D eigenvalue weighted by Gasteiger charge is 2.30. The van der Waals surface area contributed by atoms with Crippen molar-refractivity contribution in [3.63, 3.8) is 0 Å². The molecule has 0 saturated carbocycles. The largest absolute Gasteiger partial charge is 0.480 e. The number of fused-ring (bicyclic) bond motifs is 4. The summed E-state index contributed by atoms with van der Waals surface area (Å²) >= 11 is 0. The zero-order valence-electron chi connectivity index (χ0n) is 17.5. The molecule has 3 aromatic carbocycles. The first-order valence-electron chi connectivity index (χ1n) is 10.7. The third kappa shape index (κ3) is 3.85. The first-order valence-corrected chi connectivity index (χ1v) is 10.7. The number of hydrogen-bond acceptors (Lipinski definition) is 4.